The molecule has 2 N–H and O–H groups in total. The summed E-state index contributed by atoms with van der Waals surface area (Å²) in [5, 5.41) is 6.37. The van der Waals surface area contributed by atoms with Crippen LogP contribution in [0.4, 0.5) is 11.4 Å². The molecule has 144 valence electrons. The van der Waals surface area contributed by atoms with Gasteiger partial charge in [-0.15, -0.1) is 0 Å². The number of hydrogen-bond donors (Lipinski definition) is 2. The van der Waals surface area contributed by atoms with E-state index in [4.69, 9.17) is 4.74 Å². The fraction of sp³-hybridized carbons (Fsp3) is 0.429. The van der Waals surface area contributed by atoms with Gasteiger partial charge in [-0.1, -0.05) is 32.0 Å². The third kappa shape index (κ3) is 5.52. The first kappa shape index (κ1) is 19.3. The lowest BCUT2D eigenvalue weighted by molar-refractivity contribution is 0.0383. The van der Waals surface area contributed by atoms with E-state index in [2.05, 4.69) is 46.5 Å². The lowest BCUT2D eigenvalue weighted by atomic mass is 10.0. The standard InChI is InChI=1S/C21H28N4O2/c1-16(2)18-5-3-4-6-19(18)24-17-7-8-22-20(15-17)21(26)23-9-10-25-11-13-27-14-12-25/h3-8,15-16H,9-14H2,1-2H3,(H,22,24)(H,23,26). The van der Waals surface area contributed by atoms with Crippen LogP contribution >= 0.6 is 0 Å². The molecule has 27 heavy (non-hydrogen) atoms. The highest BCUT2D eigenvalue weighted by molar-refractivity contribution is 5.93. The molecule has 6 heteroatoms. The largest absolute Gasteiger partial charge is 0.379 e. The van der Waals surface area contributed by atoms with Crippen LogP contribution in [0.5, 0.6) is 0 Å². The maximum Gasteiger partial charge on any atom is 0.269 e. The van der Waals surface area contributed by atoms with Crippen molar-refractivity contribution in [3.05, 3.63) is 53.9 Å². The van der Waals surface area contributed by atoms with E-state index in [9.17, 15) is 4.79 Å². The van der Waals surface area contributed by atoms with Gasteiger partial charge >= 0.3 is 0 Å². The molecule has 1 fully saturated rings. The number of morpholine rings is 1. The summed E-state index contributed by atoms with van der Waals surface area (Å²) in [7, 11) is 0. The molecule has 6 nitrogen and oxygen atoms in total. The van der Waals surface area contributed by atoms with E-state index in [1.54, 1.807) is 12.3 Å². The first-order chi connectivity index (χ1) is 13.1. The molecule has 1 aliphatic rings. The molecule has 1 saturated heterocycles. The van der Waals surface area contributed by atoms with Gasteiger partial charge in [-0.3, -0.25) is 14.7 Å². The summed E-state index contributed by atoms with van der Waals surface area (Å²) < 4.78 is 5.34. The second kappa shape index (κ2) is 9.48. The van der Waals surface area contributed by atoms with Crippen LogP contribution in [0, 0.1) is 0 Å². The zero-order valence-corrected chi connectivity index (χ0v) is 16.1. The van der Waals surface area contributed by atoms with E-state index >= 15 is 0 Å². The molecular weight excluding hydrogens is 340 g/mol. The highest BCUT2D eigenvalue weighted by atomic mass is 16.5. The first-order valence-electron chi connectivity index (χ1n) is 9.54. The van der Waals surface area contributed by atoms with Crippen molar-refractivity contribution in [3.8, 4) is 0 Å². The van der Waals surface area contributed by atoms with Crippen LogP contribution in [0.25, 0.3) is 0 Å². The molecule has 1 aromatic carbocycles. The fourth-order valence-corrected chi connectivity index (χ4v) is 3.15. The van der Waals surface area contributed by atoms with Crippen LogP contribution in [0.2, 0.25) is 0 Å². The Bertz CT molecular complexity index is 757. The molecule has 1 amide bonds. The van der Waals surface area contributed by atoms with E-state index in [0.717, 1.165) is 44.2 Å². The molecule has 1 aromatic heterocycles. The van der Waals surface area contributed by atoms with Crippen molar-refractivity contribution in [1.29, 1.82) is 0 Å². The van der Waals surface area contributed by atoms with E-state index in [1.807, 2.05) is 18.2 Å². The number of nitrogens with zero attached hydrogens (tertiary/aromatic N) is 2. The third-order valence-corrected chi connectivity index (χ3v) is 4.67. The highest BCUT2D eigenvalue weighted by Gasteiger charge is 2.12. The van der Waals surface area contributed by atoms with Gasteiger partial charge in [0.05, 0.1) is 13.2 Å². The number of benzene rings is 1. The highest BCUT2D eigenvalue weighted by Crippen LogP contribution is 2.26. The van der Waals surface area contributed by atoms with Gasteiger partial charge in [0, 0.05) is 43.8 Å². The zero-order chi connectivity index (χ0) is 19.1. The van der Waals surface area contributed by atoms with E-state index in [1.165, 1.54) is 5.56 Å². The summed E-state index contributed by atoms with van der Waals surface area (Å²) >= 11 is 0. The number of rotatable bonds is 7. The number of hydrogen-bond acceptors (Lipinski definition) is 5. The van der Waals surface area contributed by atoms with Gasteiger partial charge in [-0.05, 0) is 29.7 Å². The van der Waals surface area contributed by atoms with Crippen molar-refractivity contribution in [3.63, 3.8) is 0 Å². The summed E-state index contributed by atoms with van der Waals surface area (Å²) in [5.74, 6) is 0.266. The molecule has 2 heterocycles. The molecule has 0 unspecified atom stereocenters. The molecule has 3 rings (SSSR count). The molecule has 0 radical (unpaired) electrons. The van der Waals surface area contributed by atoms with Gasteiger partial charge in [-0.25, -0.2) is 0 Å². The van der Waals surface area contributed by atoms with E-state index in [0.29, 0.717) is 18.2 Å². The van der Waals surface area contributed by atoms with Crippen LogP contribution in [-0.2, 0) is 4.74 Å². The zero-order valence-electron chi connectivity index (χ0n) is 16.1. The lowest BCUT2D eigenvalue weighted by Gasteiger charge is -2.26. The third-order valence-electron chi connectivity index (χ3n) is 4.67. The molecule has 2 aromatic rings. The van der Waals surface area contributed by atoms with Crippen molar-refractivity contribution in [2.75, 3.05) is 44.7 Å². The van der Waals surface area contributed by atoms with Gasteiger partial charge in [0.2, 0.25) is 0 Å². The quantitative estimate of drug-likeness (QED) is 0.786. The number of nitrogens with one attached hydrogen (secondary N) is 2. The predicted octanol–water partition coefficient (Wildman–Crippen LogP) is 3.01. The van der Waals surface area contributed by atoms with E-state index in [-0.39, 0.29) is 5.91 Å². The fourth-order valence-electron chi connectivity index (χ4n) is 3.15. The van der Waals surface area contributed by atoms with Gasteiger partial charge in [0.15, 0.2) is 0 Å². The minimum Gasteiger partial charge on any atom is -0.379 e. The summed E-state index contributed by atoms with van der Waals surface area (Å²) in [6.45, 7) is 9.14. The monoisotopic (exact) mass is 368 g/mol. The molecule has 0 atom stereocenters. The summed E-state index contributed by atoms with van der Waals surface area (Å²) in [4.78, 5) is 18.9. The molecule has 0 bridgehead atoms. The Labute approximate surface area is 160 Å². The van der Waals surface area contributed by atoms with Gasteiger partial charge < -0.3 is 15.4 Å². The topological polar surface area (TPSA) is 66.5 Å². The second-order valence-corrected chi connectivity index (χ2v) is 7.01. The van der Waals surface area contributed by atoms with Crippen LogP contribution in [0.1, 0.15) is 35.8 Å². The maximum atomic E-state index is 12.4. The number of carbonyl (C=O) groups is 1. The number of para-hydroxylation sites is 1. The molecule has 0 aliphatic carbocycles. The molecular formula is C21H28N4O2. The number of amides is 1. The van der Waals surface area contributed by atoms with Gasteiger partial charge in [0.25, 0.3) is 5.91 Å². The summed E-state index contributed by atoms with van der Waals surface area (Å²) in [6.07, 6.45) is 1.66. The number of pyridine rings is 1. The molecule has 0 spiro atoms. The number of carbonyl (C=O) groups excluding carboxylic acids is 1. The van der Waals surface area contributed by atoms with Crippen LogP contribution in [0.3, 0.4) is 0 Å². The van der Waals surface area contributed by atoms with Crippen LogP contribution in [0.15, 0.2) is 42.6 Å². The smallest absolute Gasteiger partial charge is 0.269 e. The van der Waals surface area contributed by atoms with Gasteiger partial charge in [-0.2, -0.15) is 0 Å². The summed E-state index contributed by atoms with van der Waals surface area (Å²) in [6, 6.07) is 11.9. The Morgan fingerprint density at radius 3 is 2.78 bits per heavy atom. The van der Waals surface area contributed by atoms with E-state index < -0.39 is 0 Å². The normalized spacial score (nSPS) is 14.9. The minimum atomic E-state index is -0.149. The Morgan fingerprint density at radius 2 is 2.00 bits per heavy atom. The molecule has 1 aliphatic heterocycles. The minimum absolute atomic E-state index is 0.149. The van der Waals surface area contributed by atoms with Crippen molar-refractivity contribution in [2.24, 2.45) is 0 Å². The Morgan fingerprint density at radius 1 is 1.22 bits per heavy atom. The van der Waals surface area contributed by atoms with Crippen molar-refractivity contribution < 1.29 is 9.53 Å². The Kier molecular flexibility index (Phi) is 6.79. The average molecular weight is 368 g/mol. The van der Waals surface area contributed by atoms with Crippen LogP contribution in [-0.4, -0.2) is 55.2 Å². The Balaban J connectivity index is 1.59. The summed E-state index contributed by atoms with van der Waals surface area (Å²) in [5.41, 5.74) is 3.57. The van der Waals surface area contributed by atoms with Crippen molar-refractivity contribution >= 4 is 17.3 Å². The Hall–Kier alpha value is -2.44. The van der Waals surface area contributed by atoms with Gasteiger partial charge in [0.1, 0.15) is 5.69 Å². The van der Waals surface area contributed by atoms with Crippen LogP contribution < -0.4 is 10.6 Å². The second-order valence-electron chi connectivity index (χ2n) is 7.01. The average Bonchev–Trinajstić information content (AvgIpc) is 2.69. The number of ether oxygens (including phenoxy) is 1. The molecule has 0 saturated carbocycles. The number of anilines is 2. The van der Waals surface area contributed by atoms with Crippen molar-refractivity contribution in [1.82, 2.24) is 15.2 Å². The SMILES string of the molecule is CC(C)c1ccccc1Nc1ccnc(C(=O)NCCN2CCOCC2)c1. The number of aromatic nitrogens is 1. The maximum absolute atomic E-state index is 12.4. The first-order valence-corrected chi connectivity index (χ1v) is 9.54. The van der Waals surface area contributed by atoms with Crippen molar-refractivity contribution in [2.45, 2.75) is 19.8 Å². The predicted molar refractivity (Wildman–Crippen MR) is 108 cm³/mol. The lowest BCUT2D eigenvalue weighted by Crippen LogP contribution is -2.41.